The van der Waals surface area contributed by atoms with Crippen LogP contribution >= 0.6 is 0 Å². The third kappa shape index (κ3) is 3.04. The first-order chi connectivity index (χ1) is 13.0. The maximum atomic E-state index is 12.5. The number of hydrogen-bond donors (Lipinski definition) is 0. The second kappa shape index (κ2) is 6.69. The minimum Gasteiger partial charge on any atom is -0.353 e. The van der Waals surface area contributed by atoms with Crippen molar-refractivity contribution in [3.8, 4) is 0 Å². The molecular weight excluding hydrogens is 336 g/mol. The Kier molecular flexibility index (Phi) is 4.55. The molecule has 0 aromatic carbocycles. The van der Waals surface area contributed by atoms with Gasteiger partial charge in [-0.25, -0.2) is 0 Å². The summed E-state index contributed by atoms with van der Waals surface area (Å²) in [6.45, 7) is 5.40. The second-order valence-corrected chi connectivity index (χ2v) is 10.5. The molecule has 27 heavy (non-hydrogen) atoms. The lowest BCUT2D eigenvalue weighted by atomic mass is 9.52. The third-order valence-electron chi connectivity index (χ3n) is 8.94. The van der Waals surface area contributed by atoms with Gasteiger partial charge in [0.15, 0.2) is 6.29 Å². The summed E-state index contributed by atoms with van der Waals surface area (Å²) in [5, 5.41) is 0. The fourth-order valence-electron chi connectivity index (χ4n) is 7.48. The molecule has 5 aliphatic rings. The van der Waals surface area contributed by atoms with Gasteiger partial charge in [0.05, 0.1) is 5.60 Å². The molecule has 0 aromatic rings. The van der Waals surface area contributed by atoms with Crippen LogP contribution in [0.15, 0.2) is 11.6 Å². The Bertz CT molecular complexity index is 634. The highest BCUT2D eigenvalue weighted by Crippen LogP contribution is 2.61. The lowest BCUT2D eigenvalue weighted by molar-refractivity contribution is -0.211. The SMILES string of the molecule is CC1(OC2CCCCO2)C=C2CC[C@@H]3[C@H](CC[C@]4(C)C(=O)CC[C@@H]34)[C@H]2CC1. The molecule has 3 heteroatoms. The summed E-state index contributed by atoms with van der Waals surface area (Å²) >= 11 is 0. The highest BCUT2D eigenvalue weighted by molar-refractivity contribution is 5.87. The van der Waals surface area contributed by atoms with Crippen molar-refractivity contribution < 1.29 is 14.3 Å². The Hall–Kier alpha value is -0.670. The first kappa shape index (κ1) is 18.4. The zero-order valence-electron chi connectivity index (χ0n) is 17.2. The molecule has 0 N–H and O–H groups in total. The summed E-state index contributed by atoms with van der Waals surface area (Å²) in [5.74, 6) is 3.55. The third-order valence-corrected chi connectivity index (χ3v) is 8.94. The van der Waals surface area contributed by atoms with E-state index in [1.54, 1.807) is 5.57 Å². The Labute approximate surface area is 164 Å². The maximum Gasteiger partial charge on any atom is 0.158 e. The topological polar surface area (TPSA) is 35.5 Å². The van der Waals surface area contributed by atoms with Crippen LogP contribution in [-0.2, 0) is 14.3 Å². The number of Topliss-reactive ketones (excluding diaryl/α,β-unsaturated/α-hetero) is 1. The van der Waals surface area contributed by atoms with Crippen LogP contribution in [0, 0.1) is 29.1 Å². The Morgan fingerprint density at radius 3 is 2.70 bits per heavy atom. The fraction of sp³-hybridized carbons (Fsp3) is 0.875. The predicted octanol–water partition coefficient (Wildman–Crippen LogP) is 5.43. The molecule has 1 saturated heterocycles. The molecule has 5 rings (SSSR count). The standard InChI is InChI=1S/C24H36O3/c1-23(27-22-5-3-4-14-26-22)12-10-17-16(15-23)6-7-19-18(17)11-13-24(2)20(19)8-9-21(24)25/h15,17-20,22H,3-14H2,1-2H3/t17-,18+,19+,20-,22?,23?,24-/m0/s1. The lowest BCUT2D eigenvalue weighted by Gasteiger charge is -2.53. The van der Waals surface area contributed by atoms with E-state index >= 15 is 0 Å². The molecular formula is C24H36O3. The Balaban J connectivity index is 1.32. The van der Waals surface area contributed by atoms with Crippen molar-refractivity contribution in [3.63, 3.8) is 0 Å². The molecule has 1 heterocycles. The van der Waals surface area contributed by atoms with Crippen LogP contribution in [0.5, 0.6) is 0 Å². The number of carbonyl (C=O) groups excluding carboxylic acids is 1. The van der Waals surface area contributed by atoms with Crippen molar-refractivity contribution in [2.45, 2.75) is 96.4 Å². The van der Waals surface area contributed by atoms with E-state index < -0.39 is 0 Å². The minimum atomic E-state index is -0.146. The average molecular weight is 373 g/mol. The van der Waals surface area contributed by atoms with E-state index in [4.69, 9.17) is 9.47 Å². The molecule has 1 aliphatic heterocycles. The quantitative estimate of drug-likeness (QED) is 0.606. The molecule has 0 spiro atoms. The van der Waals surface area contributed by atoms with Crippen molar-refractivity contribution >= 4 is 5.78 Å². The summed E-state index contributed by atoms with van der Waals surface area (Å²) in [7, 11) is 0. The molecule has 0 bridgehead atoms. The van der Waals surface area contributed by atoms with Gasteiger partial charge in [-0.2, -0.15) is 0 Å². The number of ether oxygens (including phenoxy) is 2. The first-order valence-electron chi connectivity index (χ1n) is 11.5. The molecule has 7 atom stereocenters. The van der Waals surface area contributed by atoms with Crippen molar-refractivity contribution in [2.75, 3.05) is 6.61 Å². The second-order valence-electron chi connectivity index (χ2n) is 10.5. The van der Waals surface area contributed by atoms with Gasteiger partial charge in [-0.3, -0.25) is 4.79 Å². The van der Waals surface area contributed by atoms with E-state index in [9.17, 15) is 4.79 Å². The highest BCUT2D eigenvalue weighted by atomic mass is 16.7. The van der Waals surface area contributed by atoms with E-state index in [1.807, 2.05) is 0 Å². The highest BCUT2D eigenvalue weighted by Gasteiger charge is 2.56. The normalized spacial score (nSPS) is 49.8. The smallest absolute Gasteiger partial charge is 0.158 e. The van der Waals surface area contributed by atoms with Crippen molar-refractivity contribution in [1.82, 2.24) is 0 Å². The van der Waals surface area contributed by atoms with E-state index in [1.165, 1.54) is 38.5 Å². The summed E-state index contributed by atoms with van der Waals surface area (Å²) < 4.78 is 12.3. The molecule has 150 valence electrons. The summed E-state index contributed by atoms with van der Waals surface area (Å²) in [4.78, 5) is 12.5. The molecule has 4 fully saturated rings. The molecule has 0 aromatic heterocycles. The molecule has 0 radical (unpaired) electrons. The van der Waals surface area contributed by atoms with Crippen LogP contribution < -0.4 is 0 Å². The summed E-state index contributed by atoms with van der Waals surface area (Å²) in [5.41, 5.74) is 1.52. The minimum absolute atomic E-state index is 0.00613. The van der Waals surface area contributed by atoms with Crippen molar-refractivity contribution in [3.05, 3.63) is 11.6 Å². The van der Waals surface area contributed by atoms with Gasteiger partial charge in [0, 0.05) is 18.4 Å². The van der Waals surface area contributed by atoms with Gasteiger partial charge < -0.3 is 9.47 Å². The zero-order valence-corrected chi connectivity index (χ0v) is 17.2. The zero-order chi connectivity index (χ0) is 18.6. The van der Waals surface area contributed by atoms with Gasteiger partial charge in [0.1, 0.15) is 5.78 Å². The van der Waals surface area contributed by atoms with Crippen LogP contribution in [0.25, 0.3) is 0 Å². The van der Waals surface area contributed by atoms with Gasteiger partial charge in [-0.15, -0.1) is 0 Å². The first-order valence-corrected chi connectivity index (χ1v) is 11.5. The number of carbonyl (C=O) groups is 1. The fourth-order valence-corrected chi connectivity index (χ4v) is 7.48. The number of ketones is 1. The van der Waals surface area contributed by atoms with Gasteiger partial charge in [-0.1, -0.05) is 18.6 Å². The summed E-state index contributed by atoms with van der Waals surface area (Å²) in [6, 6.07) is 0. The molecule has 4 aliphatic carbocycles. The van der Waals surface area contributed by atoms with E-state index in [0.29, 0.717) is 11.7 Å². The van der Waals surface area contributed by atoms with Gasteiger partial charge in [-0.05, 0) is 94.8 Å². The van der Waals surface area contributed by atoms with E-state index in [0.717, 1.165) is 56.5 Å². The van der Waals surface area contributed by atoms with E-state index in [-0.39, 0.29) is 17.3 Å². The lowest BCUT2D eigenvalue weighted by Crippen LogP contribution is -2.48. The van der Waals surface area contributed by atoms with Crippen molar-refractivity contribution in [1.29, 1.82) is 0 Å². The van der Waals surface area contributed by atoms with Crippen LogP contribution in [0.1, 0.15) is 84.5 Å². The largest absolute Gasteiger partial charge is 0.353 e. The van der Waals surface area contributed by atoms with Crippen LogP contribution in [-0.4, -0.2) is 24.3 Å². The molecule has 3 saturated carbocycles. The number of allylic oxidation sites excluding steroid dienone is 1. The Morgan fingerprint density at radius 2 is 1.89 bits per heavy atom. The maximum absolute atomic E-state index is 12.5. The number of hydrogen-bond acceptors (Lipinski definition) is 3. The van der Waals surface area contributed by atoms with Crippen molar-refractivity contribution in [2.24, 2.45) is 29.1 Å². The number of fused-ring (bicyclic) bond motifs is 5. The van der Waals surface area contributed by atoms with Gasteiger partial charge in [0.25, 0.3) is 0 Å². The molecule has 2 unspecified atom stereocenters. The van der Waals surface area contributed by atoms with Gasteiger partial charge in [0.2, 0.25) is 0 Å². The van der Waals surface area contributed by atoms with Crippen LogP contribution in [0.3, 0.4) is 0 Å². The van der Waals surface area contributed by atoms with Crippen LogP contribution in [0.2, 0.25) is 0 Å². The van der Waals surface area contributed by atoms with Crippen LogP contribution in [0.4, 0.5) is 0 Å². The Morgan fingerprint density at radius 1 is 1.00 bits per heavy atom. The molecule has 0 amide bonds. The monoisotopic (exact) mass is 372 g/mol. The molecule has 3 nitrogen and oxygen atoms in total. The van der Waals surface area contributed by atoms with Gasteiger partial charge >= 0.3 is 0 Å². The van der Waals surface area contributed by atoms with E-state index in [2.05, 4.69) is 19.9 Å². The average Bonchev–Trinajstić information content (AvgIpc) is 2.97. The predicted molar refractivity (Wildman–Crippen MR) is 105 cm³/mol. The number of rotatable bonds is 2. The summed E-state index contributed by atoms with van der Waals surface area (Å²) in [6.07, 6.45) is 15.2.